The zero-order valence-electron chi connectivity index (χ0n) is 15.5. The summed E-state index contributed by atoms with van der Waals surface area (Å²) >= 11 is 0. The van der Waals surface area contributed by atoms with Gasteiger partial charge in [-0.15, -0.1) is 0 Å². The minimum Gasteiger partial charge on any atom is -0.463 e. The van der Waals surface area contributed by atoms with E-state index in [1.807, 2.05) is 6.92 Å². The van der Waals surface area contributed by atoms with Gasteiger partial charge in [0.25, 0.3) is 0 Å². The topological polar surface area (TPSA) is 26.3 Å². The fourth-order valence-electron chi connectivity index (χ4n) is 3.97. The monoisotopic (exact) mass is 338 g/mol. The number of esters is 1. The molecule has 3 rings (SSSR count). The van der Waals surface area contributed by atoms with Crippen molar-refractivity contribution in [3.05, 3.63) is 58.2 Å². The fraction of sp³-hybridized carbons (Fsp3) is 0.522. The predicted molar refractivity (Wildman–Crippen MR) is 103 cm³/mol. The number of carbonyl (C=O) groups is 1. The molecule has 0 radical (unpaired) electrons. The second kappa shape index (κ2) is 9.03. The number of carbonyl (C=O) groups excluding carboxylic acids is 1. The molecule has 0 amide bonds. The molecule has 0 aromatic heterocycles. The Bertz CT molecular complexity index is 656. The summed E-state index contributed by atoms with van der Waals surface area (Å²) in [5, 5.41) is 0. The smallest absolute Gasteiger partial charge is 0.331 e. The molecular weight excluding hydrogens is 308 g/mol. The fourth-order valence-corrected chi connectivity index (χ4v) is 3.97. The molecule has 0 spiro atoms. The number of hydrogen-bond acceptors (Lipinski definition) is 2. The Hall–Kier alpha value is -1.83. The molecule has 0 N–H and O–H groups in total. The molecule has 0 aromatic rings. The molecule has 3 aliphatic rings. The summed E-state index contributed by atoms with van der Waals surface area (Å²) in [5.74, 6) is -0.217. The SMILES string of the molecule is CCOC(=O)/C=C1/C=C(C2=CCCCC2)C=C(C2=CCCCC2)CC1. The first-order valence-corrected chi connectivity index (χ1v) is 9.94. The first-order chi connectivity index (χ1) is 12.3. The summed E-state index contributed by atoms with van der Waals surface area (Å²) in [7, 11) is 0. The number of allylic oxidation sites excluding steroid dienone is 9. The van der Waals surface area contributed by atoms with Crippen LogP contribution in [0.15, 0.2) is 58.2 Å². The van der Waals surface area contributed by atoms with Crippen molar-refractivity contribution in [2.75, 3.05) is 6.61 Å². The highest BCUT2D eigenvalue weighted by Gasteiger charge is 2.17. The van der Waals surface area contributed by atoms with E-state index in [-0.39, 0.29) is 5.97 Å². The van der Waals surface area contributed by atoms with Gasteiger partial charge < -0.3 is 4.74 Å². The van der Waals surface area contributed by atoms with E-state index in [1.54, 1.807) is 6.08 Å². The van der Waals surface area contributed by atoms with Gasteiger partial charge in [0.05, 0.1) is 6.61 Å². The van der Waals surface area contributed by atoms with E-state index < -0.39 is 0 Å². The van der Waals surface area contributed by atoms with Gasteiger partial charge in [0.1, 0.15) is 0 Å². The molecule has 25 heavy (non-hydrogen) atoms. The zero-order valence-corrected chi connectivity index (χ0v) is 15.5. The maximum Gasteiger partial charge on any atom is 0.331 e. The summed E-state index contributed by atoms with van der Waals surface area (Å²) in [4.78, 5) is 11.9. The van der Waals surface area contributed by atoms with Crippen LogP contribution in [0.2, 0.25) is 0 Å². The van der Waals surface area contributed by atoms with Crippen LogP contribution >= 0.6 is 0 Å². The molecule has 0 unspecified atom stereocenters. The van der Waals surface area contributed by atoms with E-state index in [0.29, 0.717) is 6.61 Å². The van der Waals surface area contributed by atoms with Crippen LogP contribution in [-0.4, -0.2) is 12.6 Å². The molecule has 2 heteroatoms. The molecular formula is C23H30O2. The van der Waals surface area contributed by atoms with Crippen LogP contribution in [0, 0.1) is 0 Å². The maximum absolute atomic E-state index is 11.9. The third kappa shape index (κ3) is 5.07. The first kappa shape index (κ1) is 18.0. The number of ether oxygens (including phenoxy) is 1. The van der Waals surface area contributed by atoms with Crippen molar-refractivity contribution in [2.24, 2.45) is 0 Å². The molecule has 0 atom stereocenters. The van der Waals surface area contributed by atoms with Crippen LogP contribution in [0.1, 0.15) is 71.1 Å². The van der Waals surface area contributed by atoms with E-state index in [1.165, 1.54) is 67.2 Å². The Labute approximate surface area is 152 Å². The zero-order chi connectivity index (χ0) is 17.5. The molecule has 0 aromatic carbocycles. The average molecular weight is 338 g/mol. The van der Waals surface area contributed by atoms with E-state index in [2.05, 4.69) is 24.3 Å². The maximum atomic E-state index is 11.9. The van der Waals surface area contributed by atoms with Gasteiger partial charge in [-0.1, -0.05) is 24.3 Å². The highest BCUT2D eigenvalue weighted by Crippen LogP contribution is 2.35. The lowest BCUT2D eigenvalue weighted by Gasteiger charge is -2.17. The second-order valence-corrected chi connectivity index (χ2v) is 7.19. The summed E-state index contributed by atoms with van der Waals surface area (Å²) in [6.45, 7) is 2.29. The van der Waals surface area contributed by atoms with Crippen LogP contribution < -0.4 is 0 Å². The normalized spacial score (nSPS) is 23.2. The second-order valence-electron chi connectivity index (χ2n) is 7.19. The largest absolute Gasteiger partial charge is 0.463 e. The third-order valence-corrected chi connectivity index (χ3v) is 5.31. The van der Waals surface area contributed by atoms with E-state index in [4.69, 9.17) is 4.74 Å². The van der Waals surface area contributed by atoms with Gasteiger partial charge in [-0.05, 0) is 99.0 Å². The number of rotatable bonds is 4. The van der Waals surface area contributed by atoms with Crippen molar-refractivity contribution in [1.29, 1.82) is 0 Å². The Morgan fingerprint density at radius 1 is 0.920 bits per heavy atom. The lowest BCUT2D eigenvalue weighted by molar-refractivity contribution is -0.137. The van der Waals surface area contributed by atoms with Gasteiger partial charge in [-0.25, -0.2) is 4.79 Å². The Morgan fingerprint density at radius 3 is 2.28 bits per heavy atom. The van der Waals surface area contributed by atoms with Crippen LogP contribution in [0.3, 0.4) is 0 Å². The van der Waals surface area contributed by atoms with E-state index in [9.17, 15) is 4.79 Å². The molecule has 134 valence electrons. The van der Waals surface area contributed by atoms with E-state index >= 15 is 0 Å². The Balaban J connectivity index is 1.90. The molecule has 0 aliphatic heterocycles. The molecule has 3 aliphatic carbocycles. The van der Waals surface area contributed by atoms with Crippen LogP contribution in [0.25, 0.3) is 0 Å². The van der Waals surface area contributed by atoms with Crippen molar-refractivity contribution in [3.8, 4) is 0 Å². The molecule has 0 heterocycles. The molecule has 2 nitrogen and oxygen atoms in total. The van der Waals surface area contributed by atoms with Gasteiger partial charge in [-0.2, -0.15) is 0 Å². The van der Waals surface area contributed by atoms with Gasteiger partial charge in [0.15, 0.2) is 0 Å². The summed E-state index contributed by atoms with van der Waals surface area (Å²) in [5.41, 5.74) is 6.88. The molecule has 0 fully saturated rings. The summed E-state index contributed by atoms with van der Waals surface area (Å²) in [6.07, 6.45) is 23.0. The van der Waals surface area contributed by atoms with Gasteiger partial charge in [-0.3, -0.25) is 0 Å². The third-order valence-electron chi connectivity index (χ3n) is 5.31. The minimum absolute atomic E-state index is 0.217. The van der Waals surface area contributed by atoms with Crippen molar-refractivity contribution in [1.82, 2.24) is 0 Å². The van der Waals surface area contributed by atoms with Gasteiger partial charge >= 0.3 is 5.97 Å². The van der Waals surface area contributed by atoms with Gasteiger partial charge in [0, 0.05) is 6.08 Å². The van der Waals surface area contributed by atoms with Crippen LogP contribution in [0.4, 0.5) is 0 Å². The summed E-state index contributed by atoms with van der Waals surface area (Å²) in [6, 6.07) is 0. The lowest BCUT2D eigenvalue weighted by atomic mass is 9.88. The first-order valence-electron chi connectivity index (χ1n) is 9.94. The van der Waals surface area contributed by atoms with Crippen molar-refractivity contribution >= 4 is 5.97 Å². The average Bonchev–Trinajstić information content (AvgIpc) is 2.86. The highest BCUT2D eigenvalue weighted by molar-refractivity contribution is 5.83. The highest BCUT2D eigenvalue weighted by atomic mass is 16.5. The minimum atomic E-state index is -0.217. The number of hydrogen-bond donors (Lipinski definition) is 0. The predicted octanol–water partition coefficient (Wildman–Crippen LogP) is 6.12. The molecule has 0 saturated heterocycles. The van der Waals surface area contributed by atoms with Crippen molar-refractivity contribution in [2.45, 2.75) is 71.1 Å². The standard InChI is InChI=1S/C23H30O2/c1-2-25-23(24)16-18-13-14-21(19-9-5-3-6-10-19)17-22(15-18)20-11-7-4-8-12-20/h9,11,15-17H,2-8,10,12-14H2,1H3/b18-16+. The lowest BCUT2D eigenvalue weighted by Crippen LogP contribution is -2.01. The Kier molecular flexibility index (Phi) is 6.49. The van der Waals surface area contributed by atoms with Gasteiger partial charge in [0.2, 0.25) is 0 Å². The van der Waals surface area contributed by atoms with Crippen molar-refractivity contribution < 1.29 is 9.53 Å². The summed E-state index contributed by atoms with van der Waals surface area (Å²) < 4.78 is 5.12. The van der Waals surface area contributed by atoms with Crippen LogP contribution in [-0.2, 0) is 9.53 Å². The van der Waals surface area contributed by atoms with Crippen molar-refractivity contribution in [3.63, 3.8) is 0 Å². The van der Waals surface area contributed by atoms with E-state index in [0.717, 1.165) is 24.8 Å². The quantitative estimate of drug-likeness (QED) is 0.456. The molecule has 0 bridgehead atoms. The van der Waals surface area contributed by atoms with Crippen LogP contribution in [0.5, 0.6) is 0 Å². The Morgan fingerprint density at radius 2 is 1.64 bits per heavy atom. The molecule has 0 saturated carbocycles.